The van der Waals surface area contributed by atoms with Gasteiger partial charge in [-0.3, -0.25) is 9.59 Å². The Hall–Kier alpha value is -1.40. The number of amides is 1. The minimum absolute atomic E-state index is 0.0271. The highest BCUT2D eigenvalue weighted by atomic mass is 16.5. The summed E-state index contributed by atoms with van der Waals surface area (Å²) in [5.41, 5.74) is 0. The van der Waals surface area contributed by atoms with E-state index in [0.717, 1.165) is 38.5 Å². The normalized spacial score (nSPS) is 12.5. The van der Waals surface area contributed by atoms with Gasteiger partial charge in [-0.05, 0) is 32.1 Å². The summed E-state index contributed by atoms with van der Waals surface area (Å²) in [6.45, 7) is 4.97. The van der Waals surface area contributed by atoms with Crippen LogP contribution in [0.1, 0.15) is 470 Å². The molecule has 0 heterocycles. The molecule has 6 heteroatoms. The third kappa shape index (κ3) is 73.5. The quantitative estimate of drug-likeness (QED) is 0.0320. The molecule has 0 aromatic rings. The van der Waals surface area contributed by atoms with Crippen molar-refractivity contribution in [2.24, 2.45) is 0 Å². The molecule has 518 valence electrons. The number of unbranched alkanes of at least 4 members (excludes halogenated alkanes) is 66. The van der Waals surface area contributed by atoms with Gasteiger partial charge in [-0.25, -0.2) is 0 Å². The smallest absolute Gasteiger partial charge is 0.305 e. The summed E-state index contributed by atoms with van der Waals surface area (Å²) >= 11 is 0. The first-order valence-corrected chi connectivity index (χ1v) is 40.5. The van der Waals surface area contributed by atoms with Crippen molar-refractivity contribution in [3.63, 3.8) is 0 Å². The molecule has 0 fully saturated rings. The van der Waals surface area contributed by atoms with Gasteiger partial charge >= 0.3 is 5.97 Å². The van der Waals surface area contributed by atoms with Crippen molar-refractivity contribution in [1.29, 1.82) is 0 Å². The lowest BCUT2D eigenvalue weighted by Crippen LogP contribution is -2.45. The average molecular weight is 1230 g/mol. The van der Waals surface area contributed by atoms with Gasteiger partial charge in [0.15, 0.2) is 0 Å². The molecule has 2 unspecified atom stereocenters. The number of rotatable bonds is 77. The van der Waals surface area contributed by atoms with Gasteiger partial charge in [0.1, 0.15) is 0 Å². The van der Waals surface area contributed by atoms with Crippen LogP contribution in [-0.2, 0) is 14.3 Å². The highest BCUT2D eigenvalue weighted by molar-refractivity contribution is 5.76. The summed E-state index contributed by atoms with van der Waals surface area (Å²) < 4.78 is 5.52. The third-order valence-electron chi connectivity index (χ3n) is 19.3. The van der Waals surface area contributed by atoms with E-state index in [2.05, 4.69) is 19.2 Å². The van der Waals surface area contributed by atoms with Crippen LogP contribution in [0.5, 0.6) is 0 Å². The number of hydrogen-bond donors (Lipinski definition) is 3. The second-order valence-electron chi connectivity index (χ2n) is 28.1. The van der Waals surface area contributed by atoms with Gasteiger partial charge < -0.3 is 20.3 Å². The maximum atomic E-state index is 12.5. The highest BCUT2D eigenvalue weighted by Gasteiger charge is 2.18. The summed E-state index contributed by atoms with van der Waals surface area (Å²) in [6, 6.07) is -0.624. The van der Waals surface area contributed by atoms with E-state index < -0.39 is 12.1 Å². The van der Waals surface area contributed by atoms with E-state index in [1.165, 1.54) is 405 Å². The monoisotopic (exact) mass is 1230 g/mol. The van der Waals surface area contributed by atoms with E-state index in [9.17, 15) is 19.8 Å². The van der Waals surface area contributed by atoms with Gasteiger partial charge in [0.25, 0.3) is 0 Å². The fourth-order valence-electron chi connectivity index (χ4n) is 13.2. The predicted octanol–water partition coefficient (Wildman–Crippen LogP) is 26.7. The topological polar surface area (TPSA) is 95.9 Å². The van der Waals surface area contributed by atoms with Crippen molar-refractivity contribution >= 4 is 11.9 Å². The molecule has 0 saturated carbocycles. The first-order chi connectivity index (χ1) is 43.0. The number of carbonyl (C=O) groups excluding carboxylic acids is 2. The molecule has 0 aromatic carbocycles. The average Bonchev–Trinajstić information content (AvgIpc) is 3.52. The molecule has 1 amide bonds. The molecule has 0 aliphatic rings. The highest BCUT2D eigenvalue weighted by Crippen LogP contribution is 2.20. The van der Waals surface area contributed by atoms with Crippen LogP contribution >= 0.6 is 0 Å². The van der Waals surface area contributed by atoms with Crippen molar-refractivity contribution in [3.05, 3.63) is 12.2 Å². The van der Waals surface area contributed by atoms with Crippen molar-refractivity contribution in [2.75, 3.05) is 13.2 Å². The fourth-order valence-corrected chi connectivity index (χ4v) is 13.2. The molecule has 0 saturated heterocycles. The van der Waals surface area contributed by atoms with Gasteiger partial charge in [0.05, 0.1) is 25.4 Å². The molecule has 0 radical (unpaired) electrons. The zero-order valence-electron chi connectivity index (χ0n) is 59.5. The van der Waals surface area contributed by atoms with Crippen LogP contribution in [0, 0.1) is 0 Å². The van der Waals surface area contributed by atoms with Crippen LogP contribution in [0.25, 0.3) is 0 Å². The van der Waals surface area contributed by atoms with Gasteiger partial charge in [0.2, 0.25) is 5.91 Å². The van der Waals surface area contributed by atoms with Crippen molar-refractivity contribution in [2.45, 2.75) is 482 Å². The Balaban J connectivity index is 3.32. The number of nitrogens with one attached hydrogen (secondary N) is 1. The SMILES string of the molecule is CCCCCCCCCCCCCCCCCCC/C=C/C(O)C(CO)NC(=O)CCCCCCCCCCCCCCCCCCCCCCCCCCCCCCCCCCOC(=O)CCCCCCCCCCCCCCCCCCCCC. The van der Waals surface area contributed by atoms with E-state index in [1.807, 2.05) is 6.08 Å². The minimum Gasteiger partial charge on any atom is -0.466 e. The van der Waals surface area contributed by atoms with Crippen LogP contribution in [0.4, 0.5) is 0 Å². The Labute approximate surface area is 546 Å². The lowest BCUT2D eigenvalue weighted by Gasteiger charge is -2.20. The predicted molar refractivity (Wildman–Crippen MR) is 384 cm³/mol. The standard InChI is InChI=1S/C81H159NO5/c1-3-5-7-9-11-13-15-17-19-21-37-41-45-49-53-57-61-65-69-73-79(84)78(77-83)82-80(85)74-70-66-62-58-54-50-46-42-39-35-33-31-29-27-25-23-24-26-28-30-32-34-36-40-44-48-52-56-60-64-68-72-76-87-81(86)75-71-67-63-59-55-51-47-43-38-22-20-18-16-14-12-10-8-6-4-2/h69,73,78-79,83-84H,3-68,70-72,74-77H2,1-2H3,(H,82,85)/b73-69+. The number of hydrogen-bond acceptors (Lipinski definition) is 5. The summed E-state index contributed by atoms with van der Waals surface area (Å²) in [5.74, 6) is -0.0315. The largest absolute Gasteiger partial charge is 0.466 e. The molecular formula is C81H159NO5. The molecule has 0 aliphatic heterocycles. The number of allylic oxidation sites excluding steroid dienone is 1. The first kappa shape index (κ1) is 85.6. The van der Waals surface area contributed by atoms with Crippen molar-refractivity contribution < 1.29 is 24.5 Å². The molecule has 87 heavy (non-hydrogen) atoms. The second-order valence-corrected chi connectivity index (χ2v) is 28.1. The molecule has 0 aromatic heterocycles. The molecule has 3 N–H and O–H groups in total. The van der Waals surface area contributed by atoms with E-state index in [-0.39, 0.29) is 18.5 Å². The van der Waals surface area contributed by atoms with E-state index in [4.69, 9.17) is 4.74 Å². The first-order valence-electron chi connectivity index (χ1n) is 40.5. The fraction of sp³-hybridized carbons (Fsp3) is 0.951. The van der Waals surface area contributed by atoms with E-state index >= 15 is 0 Å². The van der Waals surface area contributed by atoms with Gasteiger partial charge in [-0.2, -0.15) is 0 Å². The number of aliphatic hydroxyl groups excluding tert-OH is 2. The van der Waals surface area contributed by atoms with Crippen LogP contribution in [0.3, 0.4) is 0 Å². The Kier molecular flexibility index (Phi) is 75.8. The van der Waals surface area contributed by atoms with Gasteiger partial charge in [-0.1, -0.05) is 437 Å². The van der Waals surface area contributed by atoms with E-state index in [1.54, 1.807) is 6.08 Å². The maximum Gasteiger partial charge on any atom is 0.305 e. The summed E-state index contributed by atoms with van der Waals surface area (Å²) in [6.07, 6.45) is 97.7. The zero-order valence-corrected chi connectivity index (χ0v) is 59.5. The van der Waals surface area contributed by atoms with Crippen LogP contribution in [0.2, 0.25) is 0 Å². The van der Waals surface area contributed by atoms with Gasteiger partial charge in [-0.15, -0.1) is 0 Å². The van der Waals surface area contributed by atoms with E-state index in [0.29, 0.717) is 19.4 Å². The van der Waals surface area contributed by atoms with Crippen LogP contribution < -0.4 is 5.32 Å². The van der Waals surface area contributed by atoms with Crippen LogP contribution in [0.15, 0.2) is 12.2 Å². The maximum absolute atomic E-state index is 12.5. The molecule has 0 rings (SSSR count). The van der Waals surface area contributed by atoms with Crippen LogP contribution in [-0.4, -0.2) is 47.4 Å². The van der Waals surface area contributed by atoms with Crippen molar-refractivity contribution in [1.82, 2.24) is 5.32 Å². The second kappa shape index (κ2) is 77.1. The van der Waals surface area contributed by atoms with Gasteiger partial charge in [0, 0.05) is 12.8 Å². The Bertz CT molecular complexity index is 1320. The molecule has 0 bridgehead atoms. The Morgan fingerprint density at radius 2 is 0.529 bits per heavy atom. The minimum atomic E-state index is -0.841. The summed E-state index contributed by atoms with van der Waals surface area (Å²) in [4.78, 5) is 24.7. The molecule has 6 nitrogen and oxygen atoms in total. The summed E-state index contributed by atoms with van der Waals surface area (Å²) in [5, 5.41) is 23.3. The lowest BCUT2D eigenvalue weighted by molar-refractivity contribution is -0.143. The lowest BCUT2D eigenvalue weighted by atomic mass is 10.0. The molecule has 2 atom stereocenters. The van der Waals surface area contributed by atoms with Crippen molar-refractivity contribution in [3.8, 4) is 0 Å². The summed E-state index contributed by atoms with van der Waals surface area (Å²) in [7, 11) is 0. The number of ether oxygens (including phenoxy) is 1. The zero-order chi connectivity index (χ0) is 62.8. The molecule has 0 aliphatic carbocycles. The Morgan fingerprint density at radius 1 is 0.310 bits per heavy atom. The number of carbonyl (C=O) groups is 2. The molecular weight excluding hydrogens is 1070 g/mol. The Morgan fingerprint density at radius 3 is 0.782 bits per heavy atom. The number of esters is 1. The number of aliphatic hydroxyl groups is 2. The third-order valence-corrected chi connectivity index (χ3v) is 19.3. The molecule has 0 spiro atoms.